The number of amides is 2. The van der Waals surface area contributed by atoms with Crippen molar-refractivity contribution in [3.63, 3.8) is 0 Å². The minimum Gasteiger partial charge on any atom is -0.356 e. The van der Waals surface area contributed by atoms with Crippen molar-refractivity contribution in [2.75, 3.05) is 6.54 Å². The second-order valence-corrected chi connectivity index (χ2v) is 6.68. The van der Waals surface area contributed by atoms with Gasteiger partial charge in [0.25, 0.3) is 0 Å². The van der Waals surface area contributed by atoms with Gasteiger partial charge in [-0.15, -0.1) is 0 Å². The van der Waals surface area contributed by atoms with Crippen LogP contribution in [0.4, 0.5) is 0 Å². The average molecular weight is 294 g/mol. The highest BCUT2D eigenvalue weighted by molar-refractivity contribution is 5.81. The second-order valence-electron chi connectivity index (χ2n) is 6.68. The van der Waals surface area contributed by atoms with Gasteiger partial charge in [-0.3, -0.25) is 9.59 Å². The lowest BCUT2D eigenvalue weighted by molar-refractivity contribution is -0.131. The van der Waals surface area contributed by atoms with Gasteiger partial charge in [0.05, 0.1) is 0 Å². The minimum absolute atomic E-state index is 0.121. The molecule has 120 valence electrons. The second kappa shape index (κ2) is 8.40. The Bertz CT molecular complexity index is 343. The molecule has 4 heteroatoms. The molecule has 0 spiro atoms. The SMILES string of the molecule is CCCNC(=O)C1CCC(C(=O)NC2CCCCC2)CC1. The molecule has 0 heterocycles. The van der Waals surface area contributed by atoms with Crippen molar-refractivity contribution in [2.24, 2.45) is 11.8 Å². The third-order valence-corrected chi connectivity index (χ3v) is 4.97. The fourth-order valence-corrected chi connectivity index (χ4v) is 3.58. The number of rotatable bonds is 5. The fourth-order valence-electron chi connectivity index (χ4n) is 3.58. The maximum atomic E-state index is 12.3. The van der Waals surface area contributed by atoms with Gasteiger partial charge in [-0.25, -0.2) is 0 Å². The zero-order valence-corrected chi connectivity index (χ0v) is 13.3. The van der Waals surface area contributed by atoms with Crippen LogP contribution >= 0.6 is 0 Å². The molecule has 0 atom stereocenters. The van der Waals surface area contributed by atoms with Crippen LogP contribution in [0.15, 0.2) is 0 Å². The fraction of sp³-hybridized carbons (Fsp3) is 0.882. The molecule has 2 fully saturated rings. The molecule has 0 aromatic heterocycles. The van der Waals surface area contributed by atoms with E-state index in [1.54, 1.807) is 0 Å². The van der Waals surface area contributed by atoms with E-state index in [1.807, 2.05) is 0 Å². The van der Waals surface area contributed by atoms with Crippen molar-refractivity contribution in [1.29, 1.82) is 0 Å². The Morgan fingerprint density at radius 1 is 0.857 bits per heavy atom. The van der Waals surface area contributed by atoms with Crippen molar-refractivity contribution < 1.29 is 9.59 Å². The molecule has 0 aromatic carbocycles. The Morgan fingerprint density at radius 2 is 1.43 bits per heavy atom. The summed E-state index contributed by atoms with van der Waals surface area (Å²) in [4.78, 5) is 24.2. The standard InChI is InChI=1S/C17H30N2O2/c1-2-12-18-16(20)13-8-10-14(11-9-13)17(21)19-15-6-4-3-5-7-15/h13-15H,2-12H2,1H3,(H,18,20)(H,19,21). The van der Waals surface area contributed by atoms with Gasteiger partial charge in [0.1, 0.15) is 0 Å². The van der Waals surface area contributed by atoms with E-state index in [-0.39, 0.29) is 23.7 Å². The number of hydrogen-bond donors (Lipinski definition) is 2. The van der Waals surface area contributed by atoms with Gasteiger partial charge in [-0.1, -0.05) is 26.2 Å². The zero-order chi connectivity index (χ0) is 15.1. The van der Waals surface area contributed by atoms with Crippen LogP contribution in [0.2, 0.25) is 0 Å². The topological polar surface area (TPSA) is 58.2 Å². The molecule has 21 heavy (non-hydrogen) atoms. The Morgan fingerprint density at radius 3 is 2.00 bits per heavy atom. The molecule has 2 amide bonds. The average Bonchev–Trinajstić information content (AvgIpc) is 2.53. The number of hydrogen-bond acceptors (Lipinski definition) is 2. The summed E-state index contributed by atoms with van der Waals surface area (Å²) in [6, 6.07) is 0.400. The highest BCUT2D eigenvalue weighted by Crippen LogP contribution is 2.29. The van der Waals surface area contributed by atoms with Crippen LogP contribution in [0.3, 0.4) is 0 Å². The molecule has 0 saturated heterocycles. The van der Waals surface area contributed by atoms with Crippen LogP contribution in [0.25, 0.3) is 0 Å². The third kappa shape index (κ3) is 5.01. The van der Waals surface area contributed by atoms with E-state index in [0.29, 0.717) is 6.04 Å². The summed E-state index contributed by atoms with van der Waals surface area (Å²) in [5, 5.41) is 6.20. The van der Waals surface area contributed by atoms with Crippen LogP contribution in [0, 0.1) is 11.8 Å². The Balaban J connectivity index is 1.70. The van der Waals surface area contributed by atoms with E-state index in [2.05, 4.69) is 17.6 Å². The van der Waals surface area contributed by atoms with Gasteiger partial charge in [0, 0.05) is 24.4 Å². The van der Waals surface area contributed by atoms with Gasteiger partial charge in [0.15, 0.2) is 0 Å². The van der Waals surface area contributed by atoms with Crippen LogP contribution in [0.5, 0.6) is 0 Å². The summed E-state index contributed by atoms with van der Waals surface area (Å²) >= 11 is 0. The quantitative estimate of drug-likeness (QED) is 0.819. The Hall–Kier alpha value is -1.06. The molecule has 4 nitrogen and oxygen atoms in total. The maximum absolute atomic E-state index is 12.3. The lowest BCUT2D eigenvalue weighted by Crippen LogP contribution is -2.42. The zero-order valence-electron chi connectivity index (χ0n) is 13.3. The molecule has 2 aliphatic rings. The molecular formula is C17H30N2O2. The Labute approximate surface area is 128 Å². The van der Waals surface area contributed by atoms with Crippen molar-refractivity contribution in [1.82, 2.24) is 10.6 Å². The van der Waals surface area contributed by atoms with E-state index in [1.165, 1.54) is 19.3 Å². The molecule has 0 aromatic rings. The molecule has 0 bridgehead atoms. The summed E-state index contributed by atoms with van der Waals surface area (Å²) < 4.78 is 0. The van der Waals surface area contributed by atoms with Crippen LogP contribution < -0.4 is 10.6 Å². The van der Waals surface area contributed by atoms with E-state index in [9.17, 15) is 9.59 Å². The molecule has 2 N–H and O–H groups in total. The number of nitrogens with one attached hydrogen (secondary N) is 2. The van der Waals surface area contributed by atoms with Crippen molar-refractivity contribution >= 4 is 11.8 Å². The van der Waals surface area contributed by atoms with Gasteiger partial charge in [-0.05, 0) is 44.9 Å². The summed E-state index contributed by atoms with van der Waals surface area (Å²) in [7, 11) is 0. The summed E-state index contributed by atoms with van der Waals surface area (Å²) in [5.41, 5.74) is 0. The van der Waals surface area contributed by atoms with Gasteiger partial charge in [0.2, 0.25) is 11.8 Å². The van der Waals surface area contributed by atoms with Crippen LogP contribution in [-0.2, 0) is 9.59 Å². The largest absolute Gasteiger partial charge is 0.356 e. The molecule has 2 rings (SSSR count). The van der Waals surface area contributed by atoms with Gasteiger partial charge >= 0.3 is 0 Å². The number of carbonyl (C=O) groups excluding carboxylic acids is 2. The van der Waals surface area contributed by atoms with E-state index >= 15 is 0 Å². The summed E-state index contributed by atoms with van der Waals surface area (Å²) in [6.07, 6.45) is 10.5. The molecule has 2 aliphatic carbocycles. The minimum atomic E-state index is 0.121. The predicted molar refractivity (Wildman–Crippen MR) is 83.8 cm³/mol. The van der Waals surface area contributed by atoms with E-state index in [4.69, 9.17) is 0 Å². The summed E-state index contributed by atoms with van der Waals surface area (Å²) in [6.45, 7) is 2.83. The third-order valence-electron chi connectivity index (χ3n) is 4.97. The highest BCUT2D eigenvalue weighted by Gasteiger charge is 2.30. The predicted octanol–water partition coefficient (Wildman–Crippen LogP) is 2.77. The highest BCUT2D eigenvalue weighted by atomic mass is 16.2. The van der Waals surface area contributed by atoms with Crippen molar-refractivity contribution in [2.45, 2.75) is 77.2 Å². The smallest absolute Gasteiger partial charge is 0.223 e. The lowest BCUT2D eigenvalue weighted by atomic mass is 9.81. The maximum Gasteiger partial charge on any atom is 0.223 e. The van der Waals surface area contributed by atoms with Crippen LogP contribution in [0.1, 0.15) is 71.1 Å². The molecule has 0 unspecified atom stereocenters. The Kier molecular flexibility index (Phi) is 6.52. The van der Waals surface area contributed by atoms with E-state index < -0.39 is 0 Å². The first-order valence-electron chi connectivity index (χ1n) is 8.78. The summed E-state index contributed by atoms with van der Waals surface area (Å²) in [5.74, 6) is 0.662. The lowest BCUT2D eigenvalue weighted by Gasteiger charge is -2.29. The monoisotopic (exact) mass is 294 g/mol. The van der Waals surface area contributed by atoms with Crippen molar-refractivity contribution in [3.8, 4) is 0 Å². The molecule has 2 saturated carbocycles. The first-order valence-corrected chi connectivity index (χ1v) is 8.78. The van der Waals surface area contributed by atoms with E-state index in [0.717, 1.165) is 51.5 Å². The first kappa shape index (κ1) is 16.3. The van der Waals surface area contributed by atoms with Crippen LogP contribution in [-0.4, -0.2) is 24.4 Å². The van der Waals surface area contributed by atoms with Crippen molar-refractivity contribution in [3.05, 3.63) is 0 Å². The number of carbonyl (C=O) groups is 2. The molecule has 0 aliphatic heterocycles. The van der Waals surface area contributed by atoms with Gasteiger partial charge < -0.3 is 10.6 Å². The molecule has 0 radical (unpaired) electrons. The molecular weight excluding hydrogens is 264 g/mol. The van der Waals surface area contributed by atoms with Gasteiger partial charge in [-0.2, -0.15) is 0 Å². The normalized spacial score (nSPS) is 27.1. The first-order chi connectivity index (χ1) is 10.2.